The van der Waals surface area contributed by atoms with Crippen molar-refractivity contribution < 1.29 is 0 Å². The maximum Gasteiger partial charge on any atom is -0.0308 e. The van der Waals surface area contributed by atoms with Gasteiger partial charge in [0.15, 0.2) is 0 Å². The molecule has 0 fully saturated rings. The Kier molecular flexibility index (Phi) is 30.7. The predicted octanol–water partition coefficient (Wildman–Crippen LogP) is 5.53. The van der Waals surface area contributed by atoms with Gasteiger partial charge in [0.25, 0.3) is 0 Å². The van der Waals surface area contributed by atoms with Crippen molar-refractivity contribution in [2.45, 2.75) is 54.4 Å². The van der Waals surface area contributed by atoms with E-state index in [0.717, 1.165) is 6.42 Å². The standard InChI is InChI=1S/C9H14.C3H8.C2H6/c1-4-7-8-9(5-2)6-3;1-3-2;1-2/h4-5,7-8H,2,6H2,1,3H3;3H2,1-2H3;1-2H3/b7-4+,9-8+;;. The van der Waals surface area contributed by atoms with Gasteiger partial charge in [0.2, 0.25) is 0 Å². The van der Waals surface area contributed by atoms with Crippen LogP contribution in [0.25, 0.3) is 0 Å². The molecule has 0 heteroatoms. The molecule has 0 N–H and O–H groups in total. The highest BCUT2D eigenvalue weighted by atomic mass is 13.9. The third kappa shape index (κ3) is 22.5. The van der Waals surface area contributed by atoms with Crippen LogP contribution in [0.4, 0.5) is 0 Å². The Morgan fingerprint density at radius 3 is 1.79 bits per heavy atom. The van der Waals surface area contributed by atoms with Gasteiger partial charge in [-0.1, -0.05) is 71.9 Å². The summed E-state index contributed by atoms with van der Waals surface area (Å²) in [5.41, 5.74) is 1.29. The van der Waals surface area contributed by atoms with Gasteiger partial charge >= 0.3 is 0 Å². The van der Waals surface area contributed by atoms with Crippen LogP contribution in [0.2, 0.25) is 0 Å². The van der Waals surface area contributed by atoms with E-state index >= 15 is 0 Å². The molecule has 84 valence electrons. The van der Waals surface area contributed by atoms with Gasteiger partial charge in [-0.25, -0.2) is 0 Å². The lowest BCUT2D eigenvalue weighted by molar-refractivity contribution is 1.09. The molecular formula is C14H28. The SMILES string of the molecule is C=C/C(=C\C=C\C)CC.CC.CCC. The summed E-state index contributed by atoms with van der Waals surface area (Å²) >= 11 is 0. The Labute approximate surface area is 91.4 Å². The molecular weight excluding hydrogens is 168 g/mol. The molecule has 0 spiro atoms. The molecule has 0 aliphatic rings. The lowest BCUT2D eigenvalue weighted by Crippen LogP contribution is -1.69. The lowest BCUT2D eigenvalue weighted by atomic mass is 10.2. The summed E-state index contributed by atoms with van der Waals surface area (Å²) in [4.78, 5) is 0. The normalized spacial score (nSPS) is 9.71. The Balaban J connectivity index is -0.000000205. The molecule has 0 atom stereocenters. The molecule has 0 amide bonds. The molecule has 0 rings (SSSR count). The molecule has 0 bridgehead atoms. The third-order valence-corrected chi connectivity index (χ3v) is 1.17. The number of rotatable bonds is 3. The van der Waals surface area contributed by atoms with Crippen LogP contribution in [-0.2, 0) is 0 Å². The van der Waals surface area contributed by atoms with Gasteiger partial charge < -0.3 is 0 Å². The summed E-state index contributed by atoms with van der Waals surface area (Å²) < 4.78 is 0. The highest BCUT2D eigenvalue weighted by molar-refractivity contribution is 5.21. The van der Waals surface area contributed by atoms with Crippen LogP contribution in [0.3, 0.4) is 0 Å². The fourth-order valence-electron chi connectivity index (χ4n) is 0.550. The monoisotopic (exact) mass is 196 g/mol. The van der Waals surface area contributed by atoms with Gasteiger partial charge in [0, 0.05) is 0 Å². The zero-order valence-corrected chi connectivity index (χ0v) is 10.9. The maximum atomic E-state index is 3.68. The first-order valence-electron chi connectivity index (χ1n) is 5.70. The molecule has 0 heterocycles. The van der Waals surface area contributed by atoms with E-state index in [4.69, 9.17) is 0 Å². The molecule has 0 aliphatic heterocycles. The molecule has 0 aromatic carbocycles. The zero-order chi connectivity index (χ0) is 11.8. The second kappa shape index (κ2) is 22.8. The van der Waals surface area contributed by atoms with Crippen LogP contribution < -0.4 is 0 Å². The van der Waals surface area contributed by atoms with Crippen molar-refractivity contribution in [1.29, 1.82) is 0 Å². The smallest absolute Gasteiger partial charge is 0.0308 e. The van der Waals surface area contributed by atoms with Crippen molar-refractivity contribution in [1.82, 2.24) is 0 Å². The minimum absolute atomic E-state index is 1.06. The van der Waals surface area contributed by atoms with Crippen molar-refractivity contribution in [3.8, 4) is 0 Å². The molecule has 0 aliphatic carbocycles. The fraction of sp³-hybridized carbons (Fsp3) is 0.571. The van der Waals surface area contributed by atoms with E-state index < -0.39 is 0 Å². The summed E-state index contributed by atoms with van der Waals surface area (Å²) in [6.45, 7) is 16.1. The number of allylic oxidation sites excluding steroid dienone is 5. The van der Waals surface area contributed by atoms with E-state index in [1.165, 1.54) is 12.0 Å². The minimum Gasteiger partial charge on any atom is -0.0988 e. The molecule has 0 unspecified atom stereocenters. The minimum atomic E-state index is 1.06. The topological polar surface area (TPSA) is 0 Å². The molecule has 0 aromatic rings. The quantitative estimate of drug-likeness (QED) is 0.521. The summed E-state index contributed by atoms with van der Waals surface area (Å²) in [6.07, 6.45) is 10.3. The predicted molar refractivity (Wildman–Crippen MR) is 70.7 cm³/mol. The van der Waals surface area contributed by atoms with Crippen LogP contribution in [0.15, 0.2) is 36.5 Å². The van der Waals surface area contributed by atoms with Gasteiger partial charge in [-0.05, 0) is 18.9 Å². The van der Waals surface area contributed by atoms with Crippen molar-refractivity contribution in [3.63, 3.8) is 0 Å². The Morgan fingerprint density at radius 2 is 1.57 bits per heavy atom. The molecule has 0 saturated carbocycles. The lowest BCUT2D eigenvalue weighted by Gasteiger charge is -1.89. The van der Waals surface area contributed by atoms with E-state index in [9.17, 15) is 0 Å². The first-order chi connectivity index (χ1) is 6.76. The van der Waals surface area contributed by atoms with Gasteiger partial charge in [0.05, 0.1) is 0 Å². The molecule has 0 radical (unpaired) electrons. The highest BCUT2D eigenvalue weighted by Gasteiger charge is 1.79. The van der Waals surface area contributed by atoms with E-state index in [-0.39, 0.29) is 0 Å². The van der Waals surface area contributed by atoms with Crippen LogP contribution in [0, 0.1) is 0 Å². The van der Waals surface area contributed by atoms with Gasteiger partial charge in [-0.2, -0.15) is 0 Å². The van der Waals surface area contributed by atoms with Crippen LogP contribution in [0.1, 0.15) is 54.4 Å². The van der Waals surface area contributed by atoms with Crippen molar-refractivity contribution in [2.24, 2.45) is 0 Å². The number of hydrogen-bond donors (Lipinski definition) is 0. The molecule has 14 heavy (non-hydrogen) atoms. The zero-order valence-electron chi connectivity index (χ0n) is 10.9. The first-order valence-corrected chi connectivity index (χ1v) is 5.70. The number of hydrogen-bond acceptors (Lipinski definition) is 0. The van der Waals surface area contributed by atoms with Crippen LogP contribution in [-0.4, -0.2) is 0 Å². The van der Waals surface area contributed by atoms with Crippen molar-refractivity contribution in [2.75, 3.05) is 0 Å². The largest absolute Gasteiger partial charge is 0.0988 e. The molecule has 0 nitrogen and oxygen atoms in total. The average Bonchev–Trinajstić information content (AvgIpc) is 2.24. The van der Waals surface area contributed by atoms with Crippen LogP contribution >= 0.6 is 0 Å². The summed E-state index contributed by atoms with van der Waals surface area (Å²) in [7, 11) is 0. The summed E-state index contributed by atoms with van der Waals surface area (Å²) in [6, 6.07) is 0. The first kappa shape index (κ1) is 18.9. The summed E-state index contributed by atoms with van der Waals surface area (Å²) in [5, 5.41) is 0. The molecule has 0 aromatic heterocycles. The second-order valence-corrected chi connectivity index (χ2v) is 2.53. The van der Waals surface area contributed by atoms with Gasteiger partial charge in [0.1, 0.15) is 0 Å². The Hall–Kier alpha value is -0.780. The summed E-state index contributed by atoms with van der Waals surface area (Å²) in [5.74, 6) is 0. The van der Waals surface area contributed by atoms with Crippen molar-refractivity contribution in [3.05, 3.63) is 36.5 Å². The highest BCUT2D eigenvalue weighted by Crippen LogP contribution is 2.00. The Morgan fingerprint density at radius 1 is 1.14 bits per heavy atom. The maximum absolute atomic E-state index is 3.68. The van der Waals surface area contributed by atoms with Gasteiger partial charge in [-0.3, -0.25) is 0 Å². The Bertz CT molecular complexity index is 138. The van der Waals surface area contributed by atoms with E-state index in [1.807, 2.05) is 39.0 Å². The second-order valence-electron chi connectivity index (χ2n) is 2.53. The molecule has 0 saturated heterocycles. The average molecular weight is 196 g/mol. The van der Waals surface area contributed by atoms with E-state index in [1.54, 1.807) is 0 Å². The van der Waals surface area contributed by atoms with Crippen molar-refractivity contribution >= 4 is 0 Å². The fourth-order valence-corrected chi connectivity index (χ4v) is 0.550. The van der Waals surface area contributed by atoms with E-state index in [2.05, 4.69) is 33.4 Å². The van der Waals surface area contributed by atoms with Gasteiger partial charge in [-0.15, -0.1) is 0 Å². The van der Waals surface area contributed by atoms with Crippen LogP contribution in [0.5, 0.6) is 0 Å². The third-order valence-electron chi connectivity index (χ3n) is 1.17. The van der Waals surface area contributed by atoms with E-state index in [0.29, 0.717) is 0 Å².